The number of ether oxygens (including phenoxy) is 2. The molecule has 8 rings (SSSR count). The first-order chi connectivity index (χ1) is 29.5. The molecule has 8 aliphatic carbocycles. The average Bonchev–Trinajstić information content (AvgIpc) is 3.35. The van der Waals surface area contributed by atoms with Gasteiger partial charge in [0.25, 0.3) is 0 Å². The van der Waals surface area contributed by atoms with Gasteiger partial charge in [-0.1, -0.05) is 308 Å². The molecule has 0 saturated heterocycles. The van der Waals surface area contributed by atoms with Gasteiger partial charge in [0.2, 0.25) is 0 Å². The minimum Gasteiger partial charge on any atom is -0.466 e. The Bertz CT molecular complexity index is 497. The summed E-state index contributed by atoms with van der Waals surface area (Å²) in [7, 11) is 0. The number of carbonyl (C=O) groups is 2. The van der Waals surface area contributed by atoms with Gasteiger partial charge in [-0.15, -0.1) is 0 Å². The molecule has 0 amide bonds. The molecule has 0 atom stereocenters. The Kier molecular flexibility index (Phi) is 58.9. The van der Waals surface area contributed by atoms with Gasteiger partial charge >= 0.3 is 11.9 Å². The van der Waals surface area contributed by atoms with E-state index in [9.17, 15) is 9.59 Å². The lowest BCUT2D eigenvalue weighted by Crippen LogP contribution is -1.95. The molecule has 8 aliphatic rings. The van der Waals surface area contributed by atoms with Crippen LogP contribution >= 0.6 is 0 Å². The van der Waals surface area contributed by atoms with Gasteiger partial charge in [0, 0.05) is 13.8 Å². The molecule has 0 aromatic rings. The van der Waals surface area contributed by atoms with Gasteiger partial charge in [-0.2, -0.15) is 0 Å². The van der Waals surface area contributed by atoms with Crippen molar-refractivity contribution in [2.24, 2.45) is 0 Å². The van der Waals surface area contributed by atoms with E-state index in [-0.39, 0.29) is 11.9 Å². The molecule has 0 N–H and O–H groups in total. The highest BCUT2D eigenvalue weighted by atomic mass is 16.5. The average molecular weight is 850 g/mol. The van der Waals surface area contributed by atoms with Gasteiger partial charge < -0.3 is 9.47 Å². The van der Waals surface area contributed by atoms with E-state index in [2.05, 4.69) is 9.47 Å². The van der Waals surface area contributed by atoms with E-state index in [0.717, 1.165) is 0 Å². The summed E-state index contributed by atoms with van der Waals surface area (Å²) in [4.78, 5) is 19.6. The third kappa shape index (κ3) is 63.6. The van der Waals surface area contributed by atoms with Crippen molar-refractivity contribution in [2.75, 3.05) is 13.2 Å². The molecule has 4 nitrogen and oxygen atoms in total. The minimum atomic E-state index is -0.211. The maximum atomic E-state index is 9.82. The Morgan fingerprint density at radius 2 is 0.283 bits per heavy atom. The second-order valence-electron chi connectivity index (χ2n) is 18.8. The molecule has 0 unspecified atom stereocenters. The summed E-state index contributed by atoms with van der Waals surface area (Å²) in [5.41, 5.74) is 0. The predicted octanol–water partition coefficient (Wildman–Crippen LogP) is 19.9. The molecule has 0 aliphatic heterocycles. The zero-order chi connectivity index (χ0) is 43.9. The molecule has 360 valence electrons. The van der Waals surface area contributed by atoms with Gasteiger partial charge in [-0.3, -0.25) is 9.59 Å². The highest BCUT2D eigenvalue weighted by Crippen LogP contribution is 2.19. The van der Waals surface area contributed by atoms with Crippen LogP contribution in [0.5, 0.6) is 0 Å². The molecule has 0 heterocycles. The number of carbonyl (C=O) groups excluding carboxylic acids is 2. The molecular weight excluding hydrogens is 737 g/mol. The van der Waals surface area contributed by atoms with Crippen molar-refractivity contribution in [3.8, 4) is 0 Å². The molecule has 0 radical (unpaired) electrons. The standard InChI is InChI=1S/8C6H12.2C4H8O2/c8*1-2-4-6-5-3-1;2*1-3-6-4(2)5/h8*1-6H2;2*3H2,1-2H3. The van der Waals surface area contributed by atoms with Crippen LogP contribution in [0.25, 0.3) is 0 Å². The van der Waals surface area contributed by atoms with E-state index >= 15 is 0 Å². The van der Waals surface area contributed by atoms with Crippen LogP contribution in [0.4, 0.5) is 0 Å². The second-order valence-corrected chi connectivity index (χ2v) is 18.8. The molecule has 4 heteroatoms. The zero-order valence-corrected chi connectivity index (χ0v) is 42.0. The first-order valence-electron chi connectivity index (χ1n) is 27.8. The Labute approximate surface area is 378 Å². The van der Waals surface area contributed by atoms with E-state index in [1.807, 2.05) is 0 Å². The summed E-state index contributed by atoms with van der Waals surface area (Å²) < 4.78 is 8.81. The van der Waals surface area contributed by atoms with E-state index in [1.165, 1.54) is 322 Å². The van der Waals surface area contributed by atoms with Crippen molar-refractivity contribution in [1.82, 2.24) is 0 Å². The summed E-state index contributed by atoms with van der Waals surface area (Å²) in [5, 5.41) is 0. The number of rotatable bonds is 2. The fourth-order valence-corrected chi connectivity index (χ4v) is 8.89. The largest absolute Gasteiger partial charge is 0.466 e. The van der Waals surface area contributed by atoms with E-state index in [4.69, 9.17) is 0 Å². The first kappa shape index (κ1) is 61.0. The van der Waals surface area contributed by atoms with Gasteiger partial charge in [-0.25, -0.2) is 0 Å². The second kappa shape index (κ2) is 57.9. The highest BCUT2D eigenvalue weighted by molar-refractivity contribution is 5.66. The van der Waals surface area contributed by atoms with Gasteiger partial charge in [0.15, 0.2) is 0 Å². The Hall–Kier alpha value is -1.06. The number of hydrogen-bond donors (Lipinski definition) is 0. The zero-order valence-electron chi connectivity index (χ0n) is 42.0. The lowest BCUT2D eigenvalue weighted by molar-refractivity contribution is -0.141. The normalized spacial score (nSPS) is 20.7. The number of hydrogen-bond acceptors (Lipinski definition) is 4. The van der Waals surface area contributed by atoms with Crippen LogP contribution in [0.1, 0.15) is 336 Å². The van der Waals surface area contributed by atoms with Crippen molar-refractivity contribution >= 4 is 11.9 Å². The van der Waals surface area contributed by atoms with Crippen molar-refractivity contribution < 1.29 is 19.1 Å². The monoisotopic (exact) mass is 849 g/mol. The highest BCUT2D eigenvalue weighted by Gasteiger charge is 1.99. The molecule has 0 aromatic heterocycles. The molecule has 8 saturated carbocycles. The van der Waals surface area contributed by atoms with Gasteiger partial charge in [-0.05, 0) is 13.8 Å². The van der Waals surface area contributed by atoms with Gasteiger partial charge in [0.1, 0.15) is 0 Å². The molecule has 0 spiro atoms. The third-order valence-corrected chi connectivity index (χ3v) is 12.7. The van der Waals surface area contributed by atoms with Crippen molar-refractivity contribution in [2.45, 2.75) is 336 Å². The van der Waals surface area contributed by atoms with Crippen molar-refractivity contribution in [3.63, 3.8) is 0 Å². The topological polar surface area (TPSA) is 52.6 Å². The van der Waals surface area contributed by atoms with Crippen LogP contribution in [0.2, 0.25) is 0 Å². The molecule has 60 heavy (non-hydrogen) atoms. The summed E-state index contributed by atoms with van der Waals surface area (Å²) >= 11 is 0. The summed E-state index contributed by atoms with van der Waals surface area (Å²) in [6.07, 6.45) is 72.0. The SMILES string of the molecule is C1CCCCC1.C1CCCCC1.C1CCCCC1.C1CCCCC1.C1CCCCC1.C1CCCCC1.C1CCCCC1.C1CCCCC1.CCOC(C)=O.CCOC(C)=O. The fraction of sp³-hybridized carbons (Fsp3) is 0.964. The summed E-state index contributed by atoms with van der Waals surface area (Å²) in [6, 6.07) is 0. The first-order valence-corrected chi connectivity index (χ1v) is 27.8. The predicted molar refractivity (Wildman–Crippen MR) is 266 cm³/mol. The lowest BCUT2D eigenvalue weighted by atomic mass is 10.0. The van der Waals surface area contributed by atoms with Crippen LogP contribution in [0, 0.1) is 0 Å². The Morgan fingerprint density at radius 3 is 0.300 bits per heavy atom. The van der Waals surface area contributed by atoms with Crippen LogP contribution < -0.4 is 0 Å². The van der Waals surface area contributed by atoms with E-state index in [1.54, 1.807) is 13.8 Å². The number of esters is 2. The summed E-state index contributed by atoms with van der Waals surface area (Å²) in [5.74, 6) is -0.421. The molecule has 0 bridgehead atoms. The van der Waals surface area contributed by atoms with Crippen LogP contribution in [0.3, 0.4) is 0 Å². The maximum absolute atomic E-state index is 9.82. The Morgan fingerprint density at radius 1 is 0.217 bits per heavy atom. The van der Waals surface area contributed by atoms with Crippen molar-refractivity contribution in [3.05, 3.63) is 0 Å². The van der Waals surface area contributed by atoms with Crippen LogP contribution in [-0.4, -0.2) is 25.2 Å². The molecule has 8 fully saturated rings. The lowest BCUT2D eigenvalue weighted by Gasteiger charge is -2.05. The maximum Gasteiger partial charge on any atom is 0.302 e. The summed E-state index contributed by atoms with van der Waals surface area (Å²) in [6.45, 7) is 7.31. The van der Waals surface area contributed by atoms with Crippen LogP contribution in [0.15, 0.2) is 0 Å². The smallest absolute Gasteiger partial charge is 0.302 e. The molecular formula is C56H112O4. The van der Waals surface area contributed by atoms with Crippen molar-refractivity contribution in [1.29, 1.82) is 0 Å². The molecule has 0 aromatic carbocycles. The minimum absolute atomic E-state index is 0.211. The third-order valence-electron chi connectivity index (χ3n) is 12.7. The quantitative estimate of drug-likeness (QED) is 0.260. The van der Waals surface area contributed by atoms with E-state index in [0.29, 0.717) is 13.2 Å². The van der Waals surface area contributed by atoms with Crippen LogP contribution in [-0.2, 0) is 19.1 Å². The fourth-order valence-electron chi connectivity index (χ4n) is 8.89. The Balaban J connectivity index is 0. The van der Waals surface area contributed by atoms with Gasteiger partial charge in [0.05, 0.1) is 13.2 Å². The van der Waals surface area contributed by atoms with E-state index < -0.39 is 0 Å².